The number of nitrogens with one attached hydrogen (secondary N) is 2. The van der Waals surface area contributed by atoms with Gasteiger partial charge in [0, 0.05) is 41.0 Å². The number of carbonyl (C=O) groups excluding carboxylic acids is 3. The fourth-order valence-corrected chi connectivity index (χ4v) is 5.79. The Morgan fingerprint density at radius 3 is 2.61 bits per heavy atom. The summed E-state index contributed by atoms with van der Waals surface area (Å²) >= 11 is 6.04. The topological polar surface area (TPSA) is 101 Å². The normalized spacial score (nSPS) is 19.1. The number of alkyl halides is 3. The third-order valence-electron chi connectivity index (χ3n) is 7.92. The summed E-state index contributed by atoms with van der Waals surface area (Å²) < 4.78 is 46.0. The molecule has 0 saturated carbocycles. The summed E-state index contributed by atoms with van der Waals surface area (Å²) in [5.74, 6) is -0.983. The monoisotopic (exact) mass is 626 g/mol. The third kappa shape index (κ3) is 6.72. The molecule has 0 fully saturated rings. The molecule has 2 unspecified atom stereocenters. The van der Waals surface area contributed by atoms with Gasteiger partial charge in [-0.2, -0.15) is 13.2 Å². The van der Waals surface area contributed by atoms with Crippen molar-refractivity contribution >= 4 is 46.5 Å². The fraction of sp³-hybridized carbons (Fsp3) is 0.312. The first-order chi connectivity index (χ1) is 20.9. The van der Waals surface area contributed by atoms with Crippen LogP contribution in [0, 0.1) is 5.92 Å². The largest absolute Gasteiger partial charge is 0.453 e. The van der Waals surface area contributed by atoms with Gasteiger partial charge in [0.05, 0.1) is 30.1 Å². The van der Waals surface area contributed by atoms with E-state index in [1.807, 2.05) is 13.0 Å². The minimum absolute atomic E-state index is 0.102. The number of ether oxygens (including phenoxy) is 1. The van der Waals surface area contributed by atoms with Crippen LogP contribution in [0.3, 0.4) is 0 Å². The van der Waals surface area contributed by atoms with Crippen molar-refractivity contribution in [3.05, 3.63) is 82.6 Å². The van der Waals surface area contributed by atoms with Gasteiger partial charge >= 0.3 is 12.3 Å². The lowest BCUT2D eigenvalue weighted by atomic mass is 9.91. The molecule has 0 aliphatic carbocycles. The fourth-order valence-electron chi connectivity index (χ4n) is 5.62. The number of pyridine rings is 1. The third-order valence-corrected chi connectivity index (χ3v) is 8.15. The summed E-state index contributed by atoms with van der Waals surface area (Å²) in [6.45, 7) is 1.99. The average Bonchev–Trinajstić information content (AvgIpc) is 2.98. The Morgan fingerprint density at radius 2 is 1.89 bits per heavy atom. The van der Waals surface area contributed by atoms with Crippen molar-refractivity contribution in [2.45, 2.75) is 44.8 Å². The Labute approximate surface area is 257 Å². The second-order valence-corrected chi connectivity index (χ2v) is 11.3. The molecular weight excluding hydrogens is 597 g/mol. The second-order valence-electron chi connectivity index (χ2n) is 10.8. The molecule has 2 aromatic carbocycles. The summed E-state index contributed by atoms with van der Waals surface area (Å²) in [7, 11) is 1.25. The van der Waals surface area contributed by atoms with Crippen LogP contribution in [-0.2, 0) is 20.5 Å². The van der Waals surface area contributed by atoms with Gasteiger partial charge in [0.15, 0.2) is 0 Å². The number of halogens is 4. The number of carbonyl (C=O) groups is 3. The first kappa shape index (κ1) is 31.1. The van der Waals surface area contributed by atoms with Gasteiger partial charge in [0.25, 0.3) is 0 Å². The van der Waals surface area contributed by atoms with Gasteiger partial charge in [-0.05, 0) is 78.4 Å². The zero-order valence-corrected chi connectivity index (χ0v) is 24.8. The van der Waals surface area contributed by atoms with Gasteiger partial charge in [0.2, 0.25) is 11.8 Å². The molecule has 3 heterocycles. The molecule has 0 spiro atoms. The van der Waals surface area contributed by atoms with E-state index in [4.69, 9.17) is 11.6 Å². The maximum absolute atomic E-state index is 13.8. The smallest absolute Gasteiger partial charge is 0.416 e. The molecule has 2 aliphatic rings. The zero-order valence-electron chi connectivity index (χ0n) is 24.0. The van der Waals surface area contributed by atoms with Crippen LogP contribution in [0.2, 0.25) is 5.02 Å². The van der Waals surface area contributed by atoms with Gasteiger partial charge in [0.1, 0.15) is 0 Å². The minimum Gasteiger partial charge on any atom is -0.453 e. The van der Waals surface area contributed by atoms with Gasteiger partial charge in [-0.1, -0.05) is 31.0 Å². The molecule has 3 amide bonds. The van der Waals surface area contributed by atoms with Crippen LogP contribution in [0.25, 0.3) is 16.7 Å². The Morgan fingerprint density at radius 1 is 1.09 bits per heavy atom. The van der Waals surface area contributed by atoms with Crippen molar-refractivity contribution in [2.24, 2.45) is 5.92 Å². The van der Waals surface area contributed by atoms with E-state index in [-0.39, 0.29) is 40.9 Å². The van der Waals surface area contributed by atoms with Crippen molar-refractivity contribution in [1.82, 2.24) is 9.88 Å². The summed E-state index contributed by atoms with van der Waals surface area (Å²) in [4.78, 5) is 44.7. The van der Waals surface area contributed by atoms with Crippen LogP contribution >= 0.6 is 11.6 Å². The molecule has 1 aromatic heterocycles. The molecule has 230 valence electrons. The standard InChI is InChI=1S/C32H30ClF3N4O4/c1-18-4-3-5-28(40-13-11-20(15-29(40)41)24-16-21(33)6-9-25(24)32(34,35)36)27-14-19(10-12-37-27)23-8-7-22(38-31(43)44-2)17-26(23)39-30(18)42/h6-10,12,14-18,28H,3-5,11,13H2,1-2H3,(H,38,43)(H,39,42). The average molecular weight is 627 g/mol. The van der Waals surface area contributed by atoms with E-state index in [1.165, 1.54) is 25.3 Å². The lowest BCUT2D eigenvalue weighted by Crippen LogP contribution is -2.38. The number of hydrogen-bond donors (Lipinski definition) is 2. The first-order valence-corrected chi connectivity index (χ1v) is 14.5. The van der Waals surface area contributed by atoms with Crippen LogP contribution < -0.4 is 10.6 Å². The van der Waals surface area contributed by atoms with E-state index in [2.05, 4.69) is 20.4 Å². The summed E-state index contributed by atoms with van der Waals surface area (Å²) in [6, 6.07) is 11.6. The van der Waals surface area contributed by atoms with E-state index >= 15 is 0 Å². The van der Waals surface area contributed by atoms with E-state index < -0.39 is 29.8 Å². The molecule has 2 bridgehead atoms. The molecule has 0 radical (unpaired) electrons. The molecule has 2 aliphatic heterocycles. The Bertz CT molecular complexity index is 1640. The number of methoxy groups -OCH3 is 1. The van der Waals surface area contributed by atoms with E-state index in [0.29, 0.717) is 41.9 Å². The van der Waals surface area contributed by atoms with Crippen molar-refractivity contribution in [1.29, 1.82) is 0 Å². The van der Waals surface area contributed by atoms with Gasteiger partial charge < -0.3 is 15.0 Å². The highest BCUT2D eigenvalue weighted by Gasteiger charge is 2.36. The molecule has 0 saturated heterocycles. The number of amides is 3. The molecule has 8 nitrogen and oxygen atoms in total. The summed E-state index contributed by atoms with van der Waals surface area (Å²) in [5, 5.41) is 5.73. The zero-order chi connectivity index (χ0) is 31.6. The maximum atomic E-state index is 13.8. The van der Waals surface area contributed by atoms with E-state index in [0.717, 1.165) is 11.6 Å². The van der Waals surface area contributed by atoms with E-state index in [9.17, 15) is 27.6 Å². The predicted molar refractivity (Wildman–Crippen MR) is 161 cm³/mol. The molecule has 5 rings (SSSR count). The minimum atomic E-state index is -4.60. The van der Waals surface area contributed by atoms with Gasteiger partial charge in [-0.25, -0.2) is 4.79 Å². The highest BCUT2D eigenvalue weighted by Crippen LogP contribution is 2.40. The lowest BCUT2D eigenvalue weighted by Gasteiger charge is -2.35. The number of benzene rings is 2. The molecule has 2 atom stereocenters. The summed E-state index contributed by atoms with van der Waals surface area (Å²) in [6.07, 6.45) is -0.561. The SMILES string of the molecule is COC(=O)Nc1ccc2c(c1)NC(=O)C(C)CCCC(N1CCC(c3cc(Cl)ccc3C(F)(F)F)=CC1=O)c1cc-2ccn1. The number of hydrogen-bond acceptors (Lipinski definition) is 5. The molecule has 44 heavy (non-hydrogen) atoms. The highest BCUT2D eigenvalue weighted by molar-refractivity contribution is 6.30. The second kappa shape index (κ2) is 12.7. The van der Waals surface area contributed by atoms with Crippen LogP contribution in [0.4, 0.5) is 29.3 Å². The molecule has 12 heteroatoms. The molecule has 3 aromatic rings. The summed E-state index contributed by atoms with van der Waals surface area (Å²) in [5.41, 5.74) is 2.26. The Hall–Kier alpha value is -4.38. The quantitative estimate of drug-likeness (QED) is 0.310. The first-order valence-electron chi connectivity index (χ1n) is 14.1. The Balaban J connectivity index is 1.52. The number of rotatable bonds is 3. The Kier molecular flexibility index (Phi) is 8.96. The van der Waals surface area contributed by atoms with Crippen molar-refractivity contribution < 1.29 is 32.3 Å². The maximum Gasteiger partial charge on any atom is 0.416 e. The van der Waals surface area contributed by atoms with Crippen molar-refractivity contribution in [3.63, 3.8) is 0 Å². The number of anilines is 2. The van der Waals surface area contributed by atoms with Crippen LogP contribution in [0.15, 0.2) is 60.8 Å². The van der Waals surface area contributed by atoms with Gasteiger partial charge in [-0.15, -0.1) is 0 Å². The van der Waals surface area contributed by atoms with Crippen molar-refractivity contribution in [2.75, 3.05) is 24.3 Å². The predicted octanol–water partition coefficient (Wildman–Crippen LogP) is 7.71. The van der Waals surface area contributed by atoms with Crippen molar-refractivity contribution in [3.8, 4) is 11.1 Å². The van der Waals surface area contributed by atoms with E-state index in [1.54, 1.807) is 35.4 Å². The van der Waals surface area contributed by atoms with Crippen LogP contribution in [0.5, 0.6) is 0 Å². The van der Waals surface area contributed by atoms with Crippen LogP contribution in [0.1, 0.15) is 55.5 Å². The molecule has 2 N–H and O–H groups in total. The number of nitrogens with zero attached hydrogens (tertiary/aromatic N) is 2. The number of aromatic nitrogens is 1. The van der Waals surface area contributed by atoms with Gasteiger partial charge in [-0.3, -0.25) is 19.9 Å². The molecular formula is C32H30ClF3N4O4. The lowest BCUT2D eigenvalue weighted by molar-refractivity contribution is -0.138. The number of fused-ring (bicyclic) bond motifs is 4. The van der Waals surface area contributed by atoms with Crippen LogP contribution in [-0.4, -0.2) is 41.4 Å². The highest BCUT2D eigenvalue weighted by atomic mass is 35.5.